The van der Waals surface area contributed by atoms with E-state index in [4.69, 9.17) is 5.73 Å². The first-order valence-electron chi connectivity index (χ1n) is 5.67. The van der Waals surface area contributed by atoms with Crippen LogP contribution in [0, 0.1) is 11.8 Å². The number of benzene rings is 1. The number of rotatable bonds is 0. The molecule has 1 heteroatoms. The molecule has 2 aliphatic carbocycles. The van der Waals surface area contributed by atoms with Gasteiger partial charge >= 0.3 is 0 Å². The summed E-state index contributed by atoms with van der Waals surface area (Å²) >= 11 is 0. The van der Waals surface area contributed by atoms with Crippen molar-refractivity contribution in [1.82, 2.24) is 0 Å². The molecule has 14 heavy (non-hydrogen) atoms. The van der Waals surface area contributed by atoms with Crippen molar-refractivity contribution in [2.75, 3.05) is 0 Å². The topological polar surface area (TPSA) is 26.0 Å². The van der Waals surface area contributed by atoms with Crippen molar-refractivity contribution in [2.45, 2.75) is 31.7 Å². The number of hydrogen-bond acceptors (Lipinski definition) is 1. The van der Waals surface area contributed by atoms with E-state index in [0.717, 1.165) is 11.8 Å². The van der Waals surface area contributed by atoms with Crippen LogP contribution in [0.3, 0.4) is 0 Å². The van der Waals surface area contributed by atoms with Gasteiger partial charge in [0.15, 0.2) is 0 Å². The highest BCUT2D eigenvalue weighted by atomic mass is 14.7. The molecule has 1 saturated carbocycles. The smallest absolute Gasteiger partial charge is 0.0102 e. The molecular weight excluding hydrogens is 170 g/mol. The predicted molar refractivity (Wildman–Crippen MR) is 58.0 cm³/mol. The molecule has 0 heterocycles. The summed E-state index contributed by atoms with van der Waals surface area (Å²) in [7, 11) is 0. The van der Waals surface area contributed by atoms with Crippen molar-refractivity contribution in [3.63, 3.8) is 0 Å². The van der Waals surface area contributed by atoms with E-state index in [1.807, 2.05) is 0 Å². The largest absolute Gasteiger partial charge is 0.327 e. The standard InChI is InChI=1S/C13H17N/c14-13-11-5-6-12(13)8-10-4-2-1-3-9(10)7-11/h1-4,11-13H,5-8,14H2/t11-,12+,13+. The molecule has 74 valence electrons. The average molecular weight is 187 g/mol. The summed E-state index contributed by atoms with van der Waals surface area (Å²) in [6.45, 7) is 0. The maximum absolute atomic E-state index is 6.26. The highest BCUT2D eigenvalue weighted by molar-refractivity contribution is 5.30. The third-order valence-electron chi connectivity index (χ3n) is 4.08. The summed E-state index contributed by atoms with van der Waals surface area (Å²) in [5, 5.41) is 0. The average Bonchev–Trinajstić information content (AvgIpc) is 2.44. The molecule has 0 spiro atoms. The summed E-state index contributed by atoms with van der Waals surface area (Å²) in [5.74, 6) is 1.51. The fraction of sp³-hybridized carbons (Fsp3) is 0.538. The maximum Gasteiger partial charge on any atom is 0.0102 e. The minimum absolute atomic E-state index is 0.461. The third-order valence-corrected chi connectivity index (χ3v) is 4.08. The lowest BCUT2D eigenvalue weighted by molar-refractivity contribution is 0.421. The van der Waals surface area contributed by atoms with E-state index in [1.165, 1.54) is 25.7 Å². The van der Waals surface area contributed by atoms with Gasteiger partial charge in [0.05, 0.1) is 0 Å². The highest BCUT2D eigenvalue weighted by Crippen LogP contribution is 2.38. The molecule has 0 unspecified atom stereocenters. The van der Waals surface area contributed by atoms with E-state index in [-0.39, 0.29) is 0 Å². The Kier molecular flexibility index (Phi) is 1.88. The quantitative estimate of drug-likeness (QED) is 0.661. The Hall–Kier alpha value is -0.820. The lowest BCUT2D eigenvalue weighted by Gasteiger charge is -2.15. The van der Waals surface area contributed by atoms with Gasteiger partial charge in [-0.1, -0.05) is 24.3 Å². The normalized spacial score (nSPS) is 35.1. The zero-order chi connectivity index (χ0) is 9.54. The lowest BCUT2D eigenvalue weighted by Crippen LogP contribution is -2.31. The summed E-state index contributed by atoms with van der Waals surface area (Å²) in [6.07, 6.45) is 5.13. The predicted octanol–water partition coefficient (Wildman–Crippen LogP) is 2.14. The molecule has 1 nitrogen and oxygen atoms in total. The van der Waals surface area contributed by atoms with E-state index in [0.29, 0.717) is 6.04 Å². The van der Waals surface area contributed by atoms with Gasteiger partial charge in [0.2, 0.25) is 0 Å². The first-order valence-corrected chi connectivity index (χ1v) is 5.67. The van der Waals surface area contributed by atoms with E-state index < -0.39 is 0 Å². The second kappa shape index (κ2) is 3.09. The van der Waals surface area contributed by atoms with Gasteiger partial charge in [-0.2, -0.15) is 0 Å². The van der Waals surface area contributed by atoms with Crippen molar-refractivity contribution in [2.24, 2.45) is 17.6 Å². The summed E-state index contributed by atoms with van der Waals surface area (Å²) in [6, 6.07) is 9.33. The van der Waals surface area contributed by atoms with E-state index in [2.05, 4.69) is 24.3 Å². The molecule has 0 amide bonds. The number of nitrogens with two attached hydrogens (primary N) is 1. The molecule has 0 aliphatic heterocycles. The Labute approximate surface area is 85.3 Å². The molecule has 2 bridgehead atoms. The first-order chi connectivity index (χ1) is 6.84. The number of fused-ring (bicyclic) bond motifs is 3. The van der Waals surface area contributed by atoms with Crippen molar-refractivity contribution in [3.05, 3.63) is 35.4 Å². The second-order valence-corrected chi connectivity index (χ2v) is 4.85. The SMILES string of the molecule is N[C@H]1[C@@H]2CC[C@H]1Cc1ccccc1C2. The van der Waals surface area contributed by atoms with Crippen LogP contribution < -0.4 is 5.73 Å². The van der Waals surface area contributed by atoms with Gasteiger partial charge < -0.3 is 5.73 Å². The van der Waals surface area contributed by atoms with E-state index in [9.17, 15) is 0 Å². The zero-order valence-corrected chi connectivity index (χ0v) is 8.45. The molecule has 2 aliphatic rings. The molecule has 1 aromatic rings. The molecule has 2 N–H and O–H groups in total. The van der Waals surface area contributed by atoms with Crippen LogP contribution in [0.25, 0.3) is 0 Å². The first kappa shape index (κ1) is 8.49. The molecule has 0 saturated heterocycles. The monoisotopic (exact) mass is 187 g/mol. The van der Waals surface area contributed by atoms with Crippen molar-refractivity contribution in [1.29, 1.82) is 0 Å². The Balaban J connectivity index is 2.01. The van der Waals surface area contributed by atoms with Crippen LogP contribution in [-0.2, 0) is 12.8 Å². The van der Waals surface area contributed by atoms with Crippen LogP contribution in [0.1, 0.15) is 24.0 Å². The van der Waals surface area contributed by atoms with Gasteiger partial charge in [-0.15, -0.1) is 0 Å². The van der Waals surface area contributed by atoms with Crippen LogP contribution in [0.15, 0.2) is 24.3 Å². The van der Waals surface area contributed by atoms with Gasteiger partial charge in [-0.25, -0.2) is 0 Å². The zero-order valence-electron chi connectivity index (χ0n) is 8.45. The Morgan fingerprint density at radius 2 is 1.43 bits per heavy atom. The Morgan fingerprint density at radius 3 is 1.93 bits per heavy atom. The molecule has 1 aromatic carbocycles. The minimum atomic E-state index is 0.461. The summed E-state index contributed by atoms with van der Waals surface area (Å²) in [4.78, 5) is 0. The highest BCUT2D eigenvalue weighted by Gasteiger charge is 2.36. The Bertz CT molecular complexity index is 312. The maximum atomic E-state index is 6.26. The van der Waals surface area contributed by atoms with Crippen LogP contribution in [-0.4, -0.2) is 6.04 Å². The lowest BCUT2D eigenvalue weighted by atomic mass is 9.94. The molecule has 1 fully saturated rings. The van der Waals surface area contributed by atoms with Crippen LogP contribution in [0.2, 0.25) is 0 Å². The van der Waals surface area contributed by atoms with Gasteiger partial charge in [-0.05, 0) is 48.6 Å². The molecule has 3 rings (SSSR count). The van der Waals surface area contributed by atoms with Crippen LogP contribution in [0.4, 0.5) is 0 Å². The van der Waals surface area contributed by atoms with Gasteiger partial charge in [0.25, 0.3) is 0 Å². The van der Waals surface area contributed by atoms with E-state index >= 15 is 0 Å². The van der Waals surface area contributed by atoms with Gasteiger partial charge in [0, 0.05) is 6.04 Å². The van der Waals surface area contributed by atoms with Crippen LogP contribution in [0.5, 0.6) is 0 Å². The molecule has 0 radical (unpaired) electrons. The third kappa shape index (κ3) is 1.19. The molecule has 3 atom stereocenters. The summed E-state index contributed by atoms with van der Waals surface area (Å²) in [5.41, 5.74) is 9.37. The van der Waals surface area contributed by atoms with Gasteiger partial charge in [0.1, 0.15) is 0 Å². The Morgan fingerprint density at radius 1 is 0.929 bits per heavy atom. The fourth-order valence-corrected chi connectivity index (χ4v) is 3.19. The summed E-state index contributed by atoms with van der Waals surface area (Å²) < 4.78 is 0. The van der Waals surface area contributed by atoms with Crippen molar-refractivity contribution in [3.8, 4) is 0 Å². The number of hydrogen-bond donors (Lipinski definition) is 1. The van der Waals surface area contributed by atoms with Crippen molar-refractivity contribution < 1.29 is 0 Å². The van der Waals surface area contributed by atoms with Crippen LogP contribution >= 0.6 is 0 Å². The second-order valence-electron chi connectivity index (χ2n) is 4.85. The van der Waals surface area contributed by atoms with Gasteiger partial charge in [-0.3, -0.25) is 0 Å². The van der Waals surface area contributed by atoms with Crippen molar-refractivity contribution >= 4 is 0 Å². The van der Waals surface area contributed by atoms with E-state index in [1.54, 1.807) is 11.1 Å². The molecular formula is C13H17N. The molecule has 0 aromatic heterocycles. The fourth-order valence-electron chi connectivity index (χ4n) is 3.19. The minimum Gasteiger partial charge on any atom is -0.327 e.